The molecule has 0 spiro atoms. The zero-order valence-electron chi connectivity index (χ0n) is 11.6. The molecule has 0 amide bonds. The van der Waals surface area contributed by atoms with E-state index in [4.69, 9.17) is 4.42 Å². The van der Waals surface area contributed by atoms with Crippen molar-refractivity contribution in [3.63, 3.8) is 0 Å². The van der Waals surface area contributed by atoms with Gasteiger partial charge in [-0.25, -0.2) is 4.79 Å². The summed E-state index contributed by atoms with van der Waals surface area (Å²) in [5, 5.41) is 3.35. The van der Waals surface area contributed by atoms with Crippen LogP contribution >= 0.6 is 0 Å². The molecule has 5 heteroatoms. The van der Waals surface area contributed by atoms with Crippen molar-refractivity contribution >= 4 is 5.97 Å². The maximum atomic E-state index is 11.3. The molecule has 20 heavy (non-hydrogen) atoms. The van der Waals surface area contributed by atoms with Crippen LogP contribution < -0.4 is 5.32 Å². The predicted molar refractivity (Wildman–Crippen MR) is 74.4 cm³/mol. The first-order chi connectivity index (χ1) is 9.70. The van der Waals surface area contributed by atoms with E-state index in [9.17, 15) is 4.79 Å². The summed E-state index contributed by atoms with van der Waals surface area (Å²) in [7, 11) is 1.33. The van der Waals surface area contributed by atoms with Gasteiger partial charge in [0.15, 0.2) is 0 Å². The highest BCUT2D eigenvalue weighted by Crippen LogP contribution is 2.16. The number of ether oxygens (including phenoxy) is 1. The van der Waals surface area contributed by atoms with Crippen LogP contribution in [0.25, 0.3) is 0 Å². The Labute approximate surface area is 118 Å². The Kier molecular flexibility index (Phi) is 4.90. The van der Waals surface area contributed by atoms with E-state index in [2.05, 4.69) is 15.0 Å². The van der Waals surface area contributed by atoms with Crippen LogP contribution in [0.15, 0.2) is 41.1 Å². The molecule has 0 aliphatic heterocycles. The lowest BCUT2D eigenvalue weighted by atomic mass is 10.2. The Balaban J connectivity index is 1.84. The molecule has 0 radical (unpaired) electrons. The molecule has 0 aliphatic rings. The van der Waals surface area contributed by atoms with Gasteiger partial charge in [0.05, 0.1) is 13.2 Å². The number of methoxy groups -OCH3 is 1. The highest BCUT2D eigenvalue weighted by atomic mass is 16.5. The third-order valence-electron chi connectivity index (χ3n) is 3.05. The molecule has 106 valence electrons. The van der Waals surface area contributed by atoms with Crippen molar-refractivity contribution in [2.75, 3.05) is 13.7 Å². The molecular formula is C15H18N2O3. The number of nitrogens with one attached hydrogen (secondary N) is 1. The van der Waals surface area contributed by atoms with E-state index >= 15 is 0 Å². The largest absolute Gasteiger partial charge is 0.463 e. The summed E-state index contributed by atoms with van der Waals surface area (Å²) in [5.74, 6) is 0.491. The number of carbonyl (C=O) groups is 1. The molecule has 1 N–H and O–H groups in total. The van der Waals surface area contributed by atoms with Crippen LogP contribution in [0.1, 0.15) is 34.8 Å². The molecule has 5 nitrogen and oxygen atoms in total. The average molecular weight is 274 g/mol. The lowest BCUT2D eigenvalue weighted by Gasteiger charge is -2.11. The summed E-state index contributed by atoms with van der Waals surface area (Å²) in [6.07, 6.45) is 4.49. The lowest BCUT2D eigenvalue weighted by Crippen LogP contribution is -2.21. The third kappa shape index (κ3) is 3.68. The first-order valence-corrected chi connectivity index (χ1v) is 6.51. The molecule has 2 rings (SSSR count). The minimum absolute atomic E-state index is 0.0373. The van der Waals surface area contributed by atoms with E-state index in [0.29, 0.717) is 0 Å². The summed E-state index contributed by atoms with van der Waals surface area (Å²) in [6.45, 7) is 2.81. The number of hydrogen-bond acceptors (Lipinski definition) is 5. The zero-order chi connectivity index (χ0) is 14.4. The second-order valence-electron chi connectivity index (χ2n) is 4.47. The Morgan fingerprint density at radius 2 is 2.10 bits per heavy atom. The molecule has 1 atom stereocenters. The predicted octanol–water partition coefficient (Wildman–Crippen LogP) is 2.35. The normalized spacial score (nSPS) is 12.1. The number of furan rings is 1. The van der Waals surface area contributed by atoms with Crippen LogP contribution in [0.4, 0.5) is 0 Å². The minimum Gasteiger partial charge on any atom is -0.463 e. The van der Waals surface area contributed by atoms with Crippen LogP contribution in [-0.4, -0.2) is 24.6 Å². The van der Waals surface area contributed by atoms with E-state index in [0.717, 1.165) is 18.7 Å². The van der Waals surface area contributed by atoms with Crippen molar-refractivity contribution in [1.29, 1.82) is 0 Å². The van der Waals surface area contributed by atoms with Crippen LogP contribution in [0.2, 0.25) is 0 Å². The fourth-order valence-electron chi connectivity index (χ4n) is 1.88. The van der Waals surface area contributed by atoms with Crippen molar-refractivity contribution in [3.05, 3.63) is 53.7 Å². The Morgan fingerprint density at radius 1 is 1.35 bits per heavy atom. The van der Waals surface area contributed by atoms with Gasteiger partial charge >= 0.3 is 5.97 Å². The molecular weight excluding hydrogens is 256 g/mol. The van der Waals surface area contributed by atoms with E-state index in [1.807, 2.05) is 19.1 Å². The van der Waals surface area contributed by atoms with Crippen molar-refractivity contribution < 1.29 is 13.9 Å². The zero-order valence-corrected chi connectivity index (χ0v) is 11.6. The number of rotatable bonds is 6. The first-order valence-electron chi connectivity index (χ1n) is 6.51. The van der Waals surface area contributed by atoms with Crippen molar-refractivity contribution in [1.82, 2.24) is 10.3 Å². The van der Waals surface area contributed by atoms with Crippen LogP contribution in [-0.2, 0) is 11.2 Å². The van der Waals surface area contributed by atoms with Crippen molar-refractivity contribution in [3.8, 4) is 0 Å². The summed E-state index contributed by atoms with van der Waals surface area (Å²) >= 11 is 0. The van der Waals surface area contributed by atoms with Gasteiger partial charge in [0, 0.05) is 12.4 Å². The van der Waals surface area contributed by atoms with Gasteiger partial charge in [0.25, 0.3) is 0 Å². The number of esters is 1. The fraction of sp³-hybridized carbons (Fsp3) is 0.333. The number of hydrogen-bond donors (Lipinski definition) is 1. The Hall–Kier alpha value is -2.14. The number of carbonyl (C=O) groups excluding carboxylic acids is 1. The van der Waals surface area contributed by atoms with Gasteiger partial charge in [0.2, 0.25) is 5.76 Å². The molecule has 0 bridgehead atoms. The highest BCUT2D eigenvalue weighted by Gasteiger charge is 2.14. The second-order valence-corrected chi connectivity index (χ2v) is 4.47. The average Bonchev–Trinajstić information content (AvgIpc) is 2.97. The molecule has 2 heterocycles. The van der Waals surface area contributed by atoms with Crippen LogP contribution in [0, 0.1) is 0 Å². The summed E-state index contributed by atoms with van der Waals surface area (Å²) in [5.41, 5.74) is 1.23. The number of nitrogens with zero attached hydrogens (tertiary/aromatic N) is 1. The second kappa shape index (κ2) is 6.86. The topological polar surface area (TPSA) is 64.4 Å². The van der Waals surface area contributed by atoms with E-state index < -0.39 is 5.97 Å². The molecule has 0 aromatic carbocycles. The monoisotopic (exact) mass is 274 g/mol. The lowest BCUT2D eigenvalue weighted by molar-refractivity contribution is 0.0562. The molecule has 0 fully saturated rings. The number of pyridine rings is 1. The molecule has 2 aromatic heterocycles. The molecule has 0 saturated heterocycles. The maximum absolute atomic E-state index is 11.3. The summed E-state index contributed by atoms with van der Waals surface area (Å²) < 4.78 is 10.1. The minimum atomic E-state index is -0.458. The molecule has 0 aliphatic carbocycles. The van der Waals surface area contributed by atoms with Crippen molar-refractivity contribution in [2.24, 2.45) is 0 Å². The standard InChI is InChI=1S/C15H18N2O3/c1-11(13-3-4-14(20-13)15(18)19-2)17-10-7-12-5-8-16-9-6-12/h3-6,8-9,11,17H,7,10H2,1-2H3. The maximum Gasteiger partial charge on any atom is 0.373 e. The van der Waals surface area contributed by atoms with Gasteiger partial charge in [-0.3, -0.25) is 4.98 Å². The highest BCUT2D eigenvalue weighted by molar-refractivity contribution is 5.86. The summed E-state index contributed by atoms with van der Waals surface area (Å²) in [6, 6.07) is 7.44. The quantitative estimate of drug-likeness (QED) is 0.819. The van der Waals surface area contributed by atoms with Gasteiger partial charge in [-0.1, -0.05) is 0 Å². The van der Waals surface area contributed by atoms with Gasteiger partial charge in [-0.2, -0.15) is 0 Å². The SMILES string of the molecule is COC(=O)c1ccc(C(C)NCCc2ccncc2)o1. The summed E-state index contributed by atoms with van der Waals surface area (Å²) in [4.78, 5) is 15.3. The van der Waals surface area contributed by atoms with E-state index in [-0.39, 0.29) is 11.8 Å². The molecule has 2 aromatic rings. The van der Waals surface area contributed by atoms with Crippen LogP contribution in [0.3, 0.4) is 0 Å². The van der Waals surface area contributed by atoms with E-state index in [1.165, 1.54) is 12.7 Å². The molecule has 0 saturated carbocycles. The van der Waals surface area contributed by atoms with Gasteiger partial charge in [-0.05, 0) is 49.7 Å². The Morgan fingerprint density at radius 3 is 2.80 bits per heavy atom. The number of aromatic nitrogens is 1. The third-order valence-corrected chi connectivity index (χ3v) is 3.05. The van der Waals surface area contributed by atoms with E-state index in [1.54, 1.807) is 24.5 Å². The van der Waals surface area contributed by atoms with Gasteiger partial charge in [-0.15, -0.1) is 0 Å². The smallest absolute Gasteiger partial charge is 0.373 e. The Bertz CT molecular complexity index is 551. The van der Waals surface area contributed by atoms with Gasteiger partial charge in [0.1, 0.15) is 5.76 Å². The van der Waals surface area contributed by atoms with Gasteiger partial charge < -0.3 is 14.5 Å². The van der Waals surface area contributed by atoms with Crippen LogP contribution in [0.5, 0.6) is 0 Å². The van der Waals surface area contributed by atoms with Crippen molar-refractivity contribution in [2.45, 2.75) is 19.4 Å². The first kappa shape index (κ1) is 14.3. The molecule has 1 unspecified atom stereocenters. The fourth-order valence-corrected chi connectivity index (χ4v) is 1.88.